The number of rotatable bonds is 8. The predicted octanol–water partition coefficient (Wildman–Crippen LogP) is 2.68. The van der Waals surface area contributed by atoms with Crippen molar-refractivity contribution in [3.63, 3.8) is 0 Å². The van der Waals surface area contributed by atoms with E-state index in [1.807, 2.05) is 12.1 Å². The van der Waals surface area contributed by atoms with Gasteiger partial charge in [-0.3, -0.25) is 9.69 Å². The third kappa shape index (κ3) is 6.83. The number of alkyl halides is 1. The fourth-order valence-corrected chi connectivity index (χ4v) is 5.93. The van der Waals surface area contributed by atoms with E-state index >= 15 is 0 Å². The van der Waals surface area contributed by atoms with Crippen LogP contribution in [0.2, 0.25) is 0 Å². The molecule has 6 rings (SSSR count). The second-order valence-corrected chi connectivity index (χ2v) is 11.7. The molecule has 45 heavy (non-hydrogen) atoms. The highest BCUT2D eigenvalue weighted by molar-refractivity contribution is 5.80. The summed E-state index contributed by atoms with van der Waals surface area (Å²) in [5.41, 5.74) is 3.46. The Morgan fingerprint density at radius 3 is 2.56 bits per heavy atom. The van der Waals surface area contributed by atoms with Gasteiger partial charge in [-0.2, -0.15) is 10.2 Å². The third-order valence-electron chi connectivity index (χ3n) is 8.58. The van der Waals surface area contributed by atoms with Crippen LogP contribution in [0.3, 0.4) is 0 Å². The second-order valence-electron chi connectivity index (χ2n) is 11.7. The van der Waals surface area contributed by atoms with Crippen molar-refractivity contribution in [3.8, 4) is 23.2 Å². The van der Waals surface area contributed by atoms with Crippen LogP contribution in [0.1, 0.15) is 24.5 Å². The molecule has 1 amide bonds. The summed E-state index contributed by atoms with van der Waals surface area (Å²) in [5.74, 6) is 0.509. The highest BCUT2D eigenvalue weighted by atomic mass is 19.1. The Morgan fingerprint density at radius 1 is 1.16 bits per heavy atom. The zero-order chi connectivity index (χ0) is 31.5. The maximum absolute atomic E-state index is 15.0. The van der Waals surface area contributed by atoms with Gasteiger partial charge in [0.15, 0.2) is 12.0 Å². The lowest BCUT2D eigenvalue weighted by Crippen LogP contribution is -2.56. The Labute approximate surface area is 261 Å². The Balaban J connectivity index is 1.10. The van der Waals surface area contributed by atoms with Crippen LogP contribution in [0.15, 0.2) is 42.7 Å². The van der Waals surface area contributed by atoms with Crippen molar-refractivity contribution in [1.29, 1.82) is 5.26 Å². The maximum atomic E-state index is 15.0. The van der Waals surface area contributed by atoms with Gasteiger partial charge in [-0.05, 0) is 55.8 Å². The molecule has 3 fully saturated rings. The molecule has 3 aromatic rings. The summed E-state index contributed by atoms with van der Waals surface area (Å²) in [6.45, 7) is 8.93. The number of amides is 1. The Morgan fingerprint density at radius 2 is 1.91 bits per heavy atom. The zero-order valence-electron chi connectivity index (χ0n) is 25.4. The molecule has 12 nitrogen and oxygen atoms in total. The summed E-state index contributed by atoms with van der Waals surface area (Å²) >= 11 is 0. The van der Waals surface area contributed by atoms with E-state index in [0.717, 1.165) is 45.1 Å². The van der Waals surface area contributed by atoms with Crippen molar-refractivity contribution in [3.05, 3.63) is 53.9 Å². The standard InChI is InChI=1S/C32H37FN8O4/c1-20-13-22(14-23(15-34)29(20)45-28-7-8-41(16-27(28)33)31(43)21(2)42)30-35-19-36-32(38-30)37-24-3-5-25(6-4-24)39-9-11-40(12-10-39)26-17-44-18-26/h3-6,13-14,19,21,26-28,42H,7-12,16-18H2,1-2H3,(H,35,36,37,38)/t21-,27-,28-/m0/s1. The van der Waals surface area contributed by atoms with Gasteiger partial charge in [0, 0.05) is 56.1 Å². The molecule has 0 saturated carbocycles. The number of piperidine rings is 1. The van der Waals surface area contributed by atoms with Crippen LogP contribution >= 0.6 is 0 Å². The van der Waals surface area contributed by atoms with E-state index in [9.17, 15) is 19.6 Å². The number of ether oxygens (including phenoxy) is 2. The Hall–Kier alpha value is -4.38. The molecule has 236 valence electrons. The molecule has 4 heterocycles. The minimum atomic E-state index is -1.46. The molecule has 3 aliphatic rings. The first kappa shape index (κ1) is 30.6. The number of hydrogen-bond acceptors (Lipinski definition) is 11. The average molecular weight is 617 g/mol. The molecule has 0 spiro atoms. The van der Waals surface area contributed by atoms with E-state index in [2.05, 4.69) is 48.3 Å². The van der Waals surface area contributed by atoms with Crippen LogP contribution in [-0.2, 0) is 9.53 Å². The second kappa shape index (κ2) is 13.3. The number of nitrogens with zero attached hydrogens (tertiary/aromatic N) is 7. The van der Waals surface area contributed by atoms with Gasteiger partial charge in [0.1, 0.15) is 30.4 Å². The molecule has 3 saturated heterocycles. The lowest BCUT2D eigenvalue weighted by atomic mass is 10.0. The summed E-state index contributed by atoms with van der Waals surface area (Å²) < 4.78 is 26.3. The van der Waals surface area contributed by atoms with Crippen molar-refractivity contribution in [2.24, 2.45) is 0 Å². The van der Waals surface area contributed by atoms with Crippen LogP contribution in [0.5, 0.6) is 5.75 Å². The van der Waals surface area contributed by atoms with Gasteiger partial charge >= 0.3 is 0 Å². The van der Waals surface area contributed by atoms with Gasteiger partial charge in [0.05, 0.1) is 31.4 Å². The van der Waals surface area contributed by atoms with Gasteiger partial charge in [0.25, 0.3) is 5.91 Å². The number of likely N-dealkylation sites (tertiary alicyclic amines) is 1. The minimum Gasteiger partial charge on any atom is -0.486 e. The van der Waals surface area contributed by atoms with Crippen LogP contribution in [0.25, 0.3) is 11.4 Å². The van der Waals surface area contributed by atoms with Crippen molar-refractivity contribution in [1.82, 2.24) is 24.8 Å². The fraction of sp³-hybridized carbons (Fsp3) is 0.469. The van der Waals surface area contributed by atoms with Crippen LogP contribution in [-0.4, -0.2) is 113 Å². The number of aliphatic hydroxyl groups is 1. The molecule has 0 aliphatic carbocycles. The van der Waals surface area contributed by atoms with Crippen molar-refractivity contribution < 1.29 is 23.8 Å². The average Bonchev–Trinajstić information content (AvgIpc) is 3.02. The number of nitrogens with one attached hydrogen (secondary N) is 1. The number of benzene rings is 2. The first-order valence-corrected chi connectivity index (χ1v) is 15.2. The number of carbonyl (C=O) groups excluding carboxylic acids is 1. The van der Waals surface area contributed by atoms with E-state index < -0.39 is 24.3 Å². The van der Waals surface area contributed by atoms with Crippen molar-refractivity contribution >= 4 is 23.2 Å². The molecule has 3 atom stereocenters. The van der Waals surface area contributed by atoms with Gasteiger partial charge in [-0.15, -0.1) is 0 Å². The molecular formula is C32H37FN8O4. The summed E-state index contributed by atoms with van der Waals surface area (Å²) in [6, 6.07) is 14.3. The minimum absolute atomic E-state index is 0.176. The molecule has 2 aromatic carbocycles. The molecule has 0 bridgehead atoms. The molecular weight excluding hydrogens is 579 g/mol. The Bertz CT molecular complexity index is 1550. The molecule has 13 heteroatoms. The number of piperazine rings is 1. The van der Waals surface area contributed by atoms with E-state index in [-0.39, 0.29) is 30.8 Å². The lowest BCUT2D eigenvalue weighted by molar-refractivity contribution is -0.143. The van der Waals surface area contributed by atoms with E-state index in [1.165, 1.54) is 23.8 Å². The van der Waals surface area contributed by atoms with Gasteiger partial charge in [-0.1, -0.05) is 0 Å². The fourth-order valence-electron chi connectivity index (χ4n) is 5.93. The summed E-state index contributed by atoms with van der Waals surface area (Å²) in [7, 11) is 0. The molecule has 0 unspecified atom stereocenters. The maximum Gasteiger partial charge on any atom is 0.251 e. The van der Waals surface area contributed by atoms with Crippen molar-refractivity contribution in [2.75, 3.05) is 62.7 Å². The van der Waals surface area contributed by atoms with E-state index in [0.29, 0.717) is 28.9 Å². The van der Waals surface area contributed by atoms with Gasteiger partial charge in [0.2, 0.25) is 5.95 Å². The third-order valence-corrected chi connectivity index (χ3v) is 8.58. The van der Waals surface area contributed by atoms with Crippen LogP contribution < -0.4 is 15.0 Å². The number of hydrogen-bond donors (Lipinski definition) is 2. The number of aryl methyl sites for hydroxylation is 1. The largest absolute Gasteiger partial charge is 0.486 e. The monoisotopic (exact) mass is 616 g/mol. The SMILES string of the molecule is Cc1cc(-c2ncnc(Nc3ccc(N4CCN(C5COC5)CC4)cc3)n2)cc(C#N)c1O[C@H]1CCN(C(=O)[C@H](C)O)C[C@@H]1F. The van der Waals surface area contributed by atoms with Gasteiger partial charge < -0.3 is 29.7 Å². The number of aliphatic hydroxyl groups excluding tert-OH is 1. The molecule has 2 N–H and O–H groups in total. The predicted molar refractivity (Wildman–Crippen MR) is 165 cm³/mol. The van der Waals surface area contributed by atoms with E-state index in [4.69, 9.17) is 9.47 Å². The number of anilines is 3. The zero-order valence-corrected chi connectivity index (χ0v) is 25.4. The summed E-state index contributed by atoms with van der Waals surface area (Å²) in [4.78, 5) is 31.4. The smallest absolute Gasteiger partial charge is 0.251 e. The number of aromatic nitrogens is 3. The Kier molecular flexibility index (Phi) is 9.07. The highest BCUT2D eigenvalue weighted by Crippen LogP contribution is 2.32. The summed E-state index contributed by atoms with van der Waals surface area (Å²) in [6.07, 6.45) is -1.83. The highest BCUT2D eigenvalue weighted by Gasteiger charge is 2.35. The van der Waals surface area contributed by atoms with Crippen LogP contribution in [0, 0.1) is 18.3 Å². The number of halogens is 1. The molecule has 0 radical (unpaired) electrons. The number of nitriles is 1. The summed E-state index contributed by atoms with van der Waals surface area (Å²) in [5, 5.41) is 22.7. The number of carbonyl (C=O) groups is 1. The normalized spacial score (nSPS) is 21.5. The van der Waals surface area contributed by atoms with Gasteiger partial charge in [-0.25, -0.2) is 14.4 Å². The quantitative estimate of drug-likeness (QED) is 0.386. The van der Waals surface area contributed by atoms with Crippen molar-refractivity contribution in [2.45, 2.75) is 44.7 Å². The first-order chi connectivity index (χ1) is 21.8. The molecule has 3 aliphatic heterocycles. The van der Waals surface area contributed by atoms with Crippen LogP contribution in [0.4, 0.5) is 21.7 Å². The molecule has 1 aromatic heterocycles. The lowest BCUT2D eigenvalue weighted by Gasteiger charge is -2.43. The topological polar surface area (TPSA) is 140 Å². The first-order valence-electron chi connectivity index (χ1n) is 15.2. The van der Waals surface area contributed by atoms with E-state index in [1.54, 1.807) is 19.1 Å².